The fraction of sp³-hybridized carbons (Fsp3) is 0.130. The molecule has 33 heavy (non-hydrogen) atoms. The highest BCUT2D eigenvalue weighted by Crippen LogP contribution is 2.42. The number of hydrogen-bond acceptors (Lipinski definition) is 7. The molecule has 5 rings (SSSR count). The summed E-state index contributed by atoms with van der Waals surface area (Å²) in [5, 5.41) is 12.6. The summed E-state index contributed by atoms with van der Waals surface area (Å²) in [4.78, 5) is 20.9. The number of anilines is 4. The molecule has 9 nitrogen and oxygen atoms in total. The van der Waals surface area contributed by atoms with Gasteiger partial charge in [0.05, 0.1) is 23.1 Å². The van der Waals surface area contributed by atoms with E-state index >= 15 is 0 Å². The average molecular weight is 448 g/mol. The van der Waals surface area contributed by atoms with Gasteiger partial charge in [-0.1, -0.05) is 6.07 Å². The summed E-state index contributed by atoms with van der Waals surface area (Å²) in [7, 11) is 1.83. The minimum atomic E-state index is -2.69. The Bertz CT molecular complexity index is 1460. The molecule has 0 bridgehead atoms. The van der Waals surface area contributed by atoms with E-state index in [1.54, 1.807) is 10.7 Å². The van der Waals surface area contributed by atoms with E-state index < -0.39 is 18.7 Å². The van der Waals surface area contributed by atoms with Crippen LogP contribution in [0.2, 0.25) is 0 Å². The van der Waals surface area contributed by atoms with Gasteiger partial charge in [-0.3, -0.25) is 9.48 Å². The number of benzene rings is 1. The zero-order chi connectivity index (χ0) is 25.4. The molecule has 1 amide bonds. The molecule has 1 aromatic carbocycles. The number of nitrogens with one attached hydrogen (secondary N) is 3. The quantitative estimate of drug-likeness (QED) is 0.427. The number of carbonyl (C=O) groups is 1. The van der Waals surface area contributed by atoms with Crippen LogP contribution in [-0.4, -0.2) is 32.6 Å². The largest absolute Gasteiger partial charge is 0.486 e. The standard InChI is InChI=1S/C23H20FN7O2/c1-25-23(32)16-10-27-20(29-19-7-6-14(24)9-26-19)8-18(16)28-17-5-3-4-15-21-13(11-31(2)30-21)12-33-22(15)17/h3-11H,12H2,1-2H3,(H,25,32)(H2,26,27,28,29)/i1D3. The van der Waals surface area contributed by atoms with E-state index in [0.29, 0.717) is 29.7 Å². The van der Waals surface area contributed by atoms with Crippen LogP contribution in [0.25, 0.3) is 11.3 Å². The minimum Gasteiger partial charge on any atom is -0.486 e. The van der Waals surface area contributed by atoms with Gasteiger partial charge in [-0.25, -0.2) is 14.4 Å². The van der Waals surface area contributed by atoms with Crippen LogP contribution in [0, 0.1) is 5.82 Å². The van der Waals surface area contributed by atoms with E-state index in [1.165, 1.54) is 24.4 Å². The SMILES string of the molecule is [2H]C([2H])([2H])NC(=O)c1cnc(Nc2ccc(F)cn2)cc1Nc1cccc2c1OCc1cn(C)nc1-2. The highest BCUT2D eigenvalue weighted by atomic mass is 19.1. The number of nitrogens with zero attached hydrogens (tertiary/aromatic N) is 4. The smallest absolute Gasteiger partial charge is 0.254 e. The second kappa shape index (κ2) is 8.23. The van der Waals surface area contributed by atoms with Crippen molar-refractivity contribution in [3.8, 4) is 17.0 Å². The molecule has 4 aromatic rings. The number of ether oxygens (including phenoxy) is 1. The molecule has 166 valence electrons. The van der Waals surface area contributed by atoms with Gasteiger partial charge in [-0.05, 0) is 24.3 Å². The van der Waals surface area contributed by atoms with Crippen molar-refractivity contribution in [1.82, 2.24) is 25.1 Å². The molecule has 10 heteroatoms. The van der Waals surface area contributed by atoms with Crippen LogP contribution in [0.3, 0.4) is 0 Å². The highest BCUT2D eigenvalue weighted by molar-refractivity contribution is 6.00. The molecule has 3 aromatic heterocycles. The van der Waals surface area contributed by atoms with E-state index in [1.807, 2.05) is 30.7 Å². The number of aromatic nitrogens is 4. The van der Waals surface area contributed by atoms with E-state index in [9.17, 15) is 9.18 Å². The molecule has 0 aliphatic carbocycles. The Morgan fingerprint density at radius 1 is 1.15 bits per heavy atom. The molecule has 0 spiro atoms. The number of fused-ring (bicyclic) bond motifs is 3. The van der Waals surface area contributed by atoms with E-state index in [4.69, 9.17) is 8.85 Å². The number of halogens is 1. The summed E-state index contributed by atoms with van der Waals surface area (Å²) in [5.41, 5.74) is 3.32. The Morgan fingerprint density at radius 3 is 2.85 bits per heavy atom. The van der Waals surface area contributed by atoms with E-state index in [-0.39, 0.29) is 11.3 Å². The molecule has 0 unspecified atom stereocenters. The van der Waals surface area contributed by atoms with Crippen molar-refractivity contribution in [2.45, 2.75) is 6.61 Å². The molecular formula is C23H20FN7O2. The number of carbonyl (C=O) groups excluding carboxylic acids is 1. The minimum absolute atomic E-state index is 0.00400. The summed E-state index contributed by atoms with van der Waals surface area (Å²) in [5.74, 6) is -0.165. The third-order valence-electron chi connectivity index (χ3n) is 5.06. The molecular weight excluding hydrogens is 425 g/mol. The molecule has 0 radical (unpaired) electrons. The van der Waals surface area contributed by atoms with Crippen LogP contribution in [0.5, 0.6) is 5.75 Å². The lowest BCUT2D eigenvalue weighted by Gasteiger charge is -2.21. The maximum atomic E-state index is 13.2. The molecule has 1 aliphatic rings. The van der Waals surface area contributed by atoms with Gasteiger partial charge in [-0.15, -0.1) is 0 Å². The maximum Gasteiger partial charge on any atom is 0.254 e. The maximum absolute atomic E-state index is 13.2. The number of para-hydroxylation sites is 1. The highest BCUT2D eigenvalue weighted by Gasteiger charge is 2.24. The number of aryl methyl sites for hydroxylation is 1. The summed E-state index contributed by atoms with van der Waals surface area (Å²) in [6.45, 7) is -2.37. The van der Waals surface area contributed by atoms with Crippen LogP contribution in [0.4, 0.5) is 27.4 Å². The van der Waals surface area contributed by atoms with Gasteiger partial charge < -0.3 is 20.7 Å². The van der Waals surface area contributed by atoms with E-state index in [2.05, 4.69) is 25.7 Å². The zero-order valence-electron chi connectivity index (χ0n) is 20.4. The normalized spacial score (nSPS) is 13.5. The summed E-state index contributed by atoms with van der Waals surface area (Å²) >= 11 is 0. The van der Waals surface area contributed by atoms with Gasteiger partial charge in [-0.2, -0.15) is 5.10 Å². The fourth-order valence-corrected chi connectivity index (χ4v) is 3.60. The van der Waals surface area contributed by atoms with Crippen molar-refractivity contribution in [2.75, 3.05) is 17.6 Å². The lowest BCUT2D eigenvalue weighted by atomic mass is 10.0. The van der Waals surface area contributed by atoms with Crippen molar-refractivity contribution >= 4 is 28.9 Å². The van der Waals surface area contributed by atoms with Gasteiger partial charge >= 0.3 is 0 Å². The van der Waals surface area contributed by atoms with Crippen LogP contribution < -0.4 is 20.7 Å². The molecule has 0 saturated heterocycles. The Balaban J connectivity index is 1.53. The van der Waals surface area contributed by atoms with Crippen molar-refractivity contribution in [3.63, 3.8) is 0 Å². The molecule has 0 saturated carbocycles. The number of hydrogen-bond donors (Lipinski definition) is 3. The number of amides is 1. The molecule has 3 N–H and O–H groups in total. The Labute approximate surface area is 192 Å². The Hall–Kier alpha value is -4.47. The van der Waals surface area contributed by atoms with Crippen molar-refractivity contribution in [1.29, 1.82) is 0 Å². The van der Waals surface area contributed by atoms with Crippen molar-refractivity contribution in [2.24, 2.45) is 7.05 Å². The number of rotatable bonds is 5. The molecule has 0 fully saturated rings. The Kier molecular flexibility index (Phi) is 4.27. The monoisotopic (exact) mass is 448 g/mol. The van der Waals surface area contributed by atoms with Crippen LogP contribution in [0.15, 0.2) is 55.0 Å². The zero-order valence-corrected chi connectivity index (χ0v) is 17.4. The van der Waals surface area contributed by atoms with Gasteiger partial charge in [0.15, 0.2) is 5.75 Å². The lowest BCUT2D eigenvalue weighted by Crippen LogP contribution is -2.20. The van der Waals surface area contributed by atoms with Crippen LogP contribution >= 0.6 is 0 Å². The lowest BCUT2D eigenvalue weighted by molar-refractivity contribution is 0.0963. The Morgan fingerprint density at radius 2 is 2.03 bits per heavy atom. The first-order chi connectivity index (χ1) is 17.2. The first kappa shape index (κ1) is 17.1. The topological polar surface area (TPSA) is 106 Å². The van der Waals surface area contributed by atoms with Crippen molar-refractivity contribution in [3.05, 3.63) is 71.9 Å². The van der Waals surface area contributed by atoms with Gasteiger partial charge in [0.1, 0.15) is 29.8 Å². The van der Waals surface area contributed by atoms with Crippen LogP contribution in [0.1, 0.15) is 20.0 Å². The van der Waals surface area contributed by atoms with Crippen LogP contribution in [-0.2, 0) is 13.7 Å². The first-order valence-corrected chi connectivity index (χ1v) is 9.93. The average Bonchev–Trinajstić information content (AvgIpc) is 3.20. The second-order valence-corrected chi connectivity index (χ2v) is 7.33. The second-order valence-electron chi connectivity index (χ2n) is 7.33. The molecule has 4 heterocycles. The predicted octanol–water partition coefficient (Wildman–Crippen LogP) is 3.76. The van der Waals surface area contributed by atoms with Gasteiger partial charge in [0, 0.05) is 47.7 Å². The third-order valence-corrected chi connectivity index (χ3v) is 5.06. The third kappa shape index (κ3) is 3.93. The number of pyridine rings is 2. The predicted molar refractivity (Wildman–Crippen MR) is 121 cm³/mol. The fourth-order valence-electron chi connectivity index (χ4n) is 3.60. The molecule has 0 atom stereocenters. The van der Waals surface area contributed by atoms with Gasteiger partial charge in [0.25, 0.3) is 5.91 Å². The summed E-state index contributed by atoms with van der Waals surface area (Å²) in [6.07, 6.45) is 4.18. The first-order valence-electron chi connectivity index (χ1n) is 11.4. The summed E-state index contributed by atoms with van der Waals surface area (Å²) < 4.78 is 43.1. The summed E-state index contributed by atoms with van der Waals surface area (Å²) in [6, 6.07) is 9.67. The van der Waals surface area contributed by atoms with Crippen molar-refractivity contribution < 1.29 is 18.0 Å². The van der Waals surface area contributed by atoms with Gasteiger partial charge in [0.2, 0.25) is 0 Å². The molecule has 1 aliphatic heterocycles. The van der Waals surface area contributed by atoms with E-state index in [0.717, 1.165) is 23.0 Å².